The van der Waals surface area contributed by atoms with Crippen LogP contribution >= 0.6 is 0 Å². The molecule has 132 valence electrons. The molecular formula is C21H22N4O. The minimum atomic E-state index is -0.164. The lowest BCUT2D eigenvalue weighted by Gasteiger charge is -2.19. The first kappa shape index (κ1) is 16.4. The second-order valence-corrected chi connectivity index (χ2v) is 6.59. The Bertz CT molecular complexity index is 885. The van der Waals surface area contributed by atoms with Gasteiger partial charge in [-0.2, -0.15) is 0 Å². The Morgan fingerprint density at radius 1 is 1.08 bits per heavy atom. The van der Waals surface area contributed by atoms with Crippen molar-refractivity contribution in [2.75, 3.05) is 5.32 Å². The summed E-state index contributed by atoms with van der Waals surface area (Å²) in [5.41, 5.74) is 5.70. The number of anilines is 1. The van der Waals surface area contributed by atoms with Crippen molar-refractivity contribution >= 4 is 11.7 Å². The number of fused-ring (bicyclic) bond motifs is 1. The van der Waals surface area contributed by atoms with E-state index in [1.165, 1.54) is 24.0 Å². The number of hydrogen-bond donors (Lipinski definition) is 2. The highest BCUT2D eigenvalue weighted by molar-refractivity contribution is 5.90. The van der Waals surface area contributed by atoms with E-state index in [9.17, 15) is 4.79 Å². The molecule has 1 aliphatic carbocycles. The van der Waals surface area contributed by atoms with Gasteiger partial charge in [-0.15, -0.1) is 0 Å². The van der Waals surface area contributed by atoms with Gasteiger partial charge in [0.05, 0.1) is 6.33 Å². The topological polar surface area (TPSA) is 59.0 Å². The first-order valence-corrected chi connectivity index (χ1v) is 9.02. The molecule has 5 nitrogen and oxygen atoms in total. The average Bonchev–Trinajstić information content (AvgIpc) is 3.22. The number of benzene rings is 2. The van der Waals surface area contributed by atoms with Gasteiger partial charge in [0, 0.05) is 30.3 Å². The largest absolute Gasteiger partial charge is 0.334 e. The third-order valence-electron chi connectivity index (χ3n) is 4.84. The molecule has 0 bridgehead atoms. The number of amides is 2. The van der Waals surface area contributed by atoms with Gasteiger partial charge in [-0.3, -0.25) is 0 Å². The van der Waals surface area contributed by atoms with Gasteiger partial charge in [-0.25, -0.2) is 9.78 Å². The Hall–Kier alpha value is -3.08. The van der Waals surface area contributed by atoms with Gasteiger partial charge in [-0.1, -0.05) is 24.3 Å². The molecule has 2 amide bonds. The fourth-order valence-electron chi connectivity index (χ4n) is 3.45. The maximum atomic E-state index is 12.3. The fourth-order valence-corrected chi connectivity index (χ4v) is 3.45. The summed E-state index contributed by atoms with van der Waals surface area (Å²) in [6.07, 6.45) is 10.00. The predicted molar refractivity (Wildman–Crippen MR) is 103 cm³/mol. The van der Waals surface area contributed by atoms with E-state index in [1.54, 1.807) is 12.5 Å². The van der Waals surface area contributed by atoms with E-state index in [-0.39, 0.29) is 6.03 Å². The Kier molecular flexibility index (Phi) is 4.69. The van der Waals surface area contributed by atoms with Gasteiger partial charge < -0.3 is 15.2 Å². The normalized spacial score (nSPS) is 13.1. The van der Waals surface area contributed by atoms with E-state index in [4.69, 9.17) is 0 Å². The lowest BCUT2D eigenvalue weighted by atomic mass is 9.90. The Labute approximate surface area is 153 Å². The maximum absolute atomic E-state index is 12.3. The number of carbonyl (C=O) groups excluding carboxylic acids is 1. The molecule has 0 atom stereocenters. The van der Waals surface area contributed by atoms with Crippen LogP contribution in [0.1, 0.15) is 29.5 Å². The number of rotatable bonds is 4. The molecule has 1 aromatic heterocycles. The fraction of sp³-hybridized carbons (Fsp3) is 0.238. The number of aryl methyl sites for hydroxylation is 1. The first-order valence-electron chi connectivity index (χ1n) is 9.02. The van der Waals surface area contributed by atoms with Crippen LogP contribution in [0.2, 0.25) is 0 Å². The van der Waals surface area contributed by atoms with Gasteiger partial charge in [0.2, 0.25) is 0 Å². The molecule has 3 aromatic rings. The summed E-state index contributed by atoms with van der Waals surface area (Å²) in [5.74, 6) is 0. The minimum Gasteiger partial charge on any atom is -0.334 e. The Morgan fingerprint density at radius 2 is 1.92 bits per heavy atom. The van der Waals surface area contributed by atoms with Crippen molar-refractivity contribution in [3.63, 3.8) is 0 Å². The van der Waals surface area contributed by atoms with Gasteiger partial charge in [-0.05, 0) is 60.6 Å². The number of imidazole rings is 1. The molecule has 0 unspecified atom stereocenters. The zero-order chi connectivity index (χ0) is 17.8. The zero-order valence-corrected chi connectivity index (χ0v) is 14.6. The number of urea groups is 1. The van der Waals surface area contributed by atoms with Gasteiger partial charge in [0.25, 0.3) is 0 Å². The van der Waals surface area contributed by atoms with E-state index in [0.717, 1.165) is 29.8 Å². The molecule has 4 rings (SSSR count). The average molecular weight is 346 g/mol. The molecule has 0 fully saturated rings. The summed E-state index contributed by atoms with van der Waals surface area (Å²) >= 11 is 0. The second kappa shape index (κ2) is 7.44. The van der Waals surface area contributed by atoms with Crippen molar-refractivity contribution in [3.8, 4) is 5.69 Å². The smallest absolute Gasteiger partial charge is 0.319 e. The number of carbonyl (C=O) groups is 1. The van der Waals surface area contributed by atoms with E-state index in [1.807, 2.05) is 47.2 Å². The number of aromatic nitrogens is 2. The van der Waals surface area contributed by atoms with Crippen molar-refractivity contribution in [1.82, 2.24) is 14.9 Å². The third kappa shape index (κ3) is 3.61. The summed E-state index contributed by atoms with van der Waals surface area (Å²) in [4.78, 5) is 16.3. The van der Waals surface area contributed by atoms with Crippen LogP contribution in [0.5, 0.6) is 0 Å². The molecule has 26 heavy (non-hydrogen) atoms. The monoisotopic (exact) mass is 346 g/mol. The van der Waals surface area contributed by atoms with Gasteiger partial charge >= 0.3 is 6.03 Å². The molecule has 0 saturated heterocycles. The Balaban J connectivity index is 1.36. The van der Waals surface area contributed by atoms with Crippen LogP contribution in [0.3, 0.4) is 0 Å². The molecule has 2 aromatic carbocycles. The van der Waals surface area contributed by atoms with Crippen molar-refractivity contribution < 1.29 is 4.79 Å². The number of nitrogens with zero attached hydrogens (tertiary/aromatic N) is 2. The van der Waals surface area contributed by atoms with Crippen LogP contribution in [0.15, 0.2) is 61.2 Å². The van der Waals surface area contributed by atoms with Crippen LogP contribution in [-0.4, -0.2) is 15.6 Å². The molecule has 0 aliphatic heterocycles. The van der Waals surface area contributed by atoms with Crippen molar-refractivity contribution in [3.05, 3.63) is 77.9 Å². The Morgan fingerprint density at radius 3 is 2.73 bits per heavy atom. The standard InChI is InChI=1S/C21H22N4O/c26-21(24-20-7-3-5-17-4-1-2-6-19(17)20)23-14-16-8-10-18(11-9-16)25-13-12-22-15-25/h3,5,7-13,15H,1-2,4,6,14H2,(H2,23,24,26). The highest BCUT2D eigenvalue weighted by atomic mass is 16.2. The molecule has 2 N–H and O–H groups in total. The first-order chi connectivity index (χ1) is 12.8. The predicted octanol–water partition coefficient (Wildman–Crippen LogP) is 4.07. The van der Waals surface area contributed by atoms with Crippen molar-refractivity contribution in [2.24, 2.45) is 0 Å². The van der Waals surface area contributed by atoms with Crippen LogP contribution < -0.4 is 10.6 Å². The minimum absolute atomic E-state index is 0.164. The molecule has 0 radical (unpaired) electrons. The van der Waals surface area contributed by atoms with Crippen molar-refractivity contribution in [2.45, 2.75) is 32.2 Å². The van der Waals surface area contributed by atoms with E-state index >= 15 is 0 Å². The molecule has 0 spiro atoms. The maximum Gasteiger partial charge on any atom is 0.319 e. The summed E-state index contributed by atoms with van der Waals surface area (Å²) < 4.78 is 1.95. The van der Waals surface area contributed by atoms with Crippen LogP contribution in [0.25, 0.3) is 5.69 Å². The third-order valence-corrected chi connectivity index (χ3v) is 4.84. The quantitative estimate of drug-likeness (QED) is 0.748. The highest BCUT2D eigenvalue weighted by Gasteiger charge is 2.14. The summed E-state index contributed by atoms with van der Waals surface area (Å²) in [6.45, 7) is 0.491. The molecule has 1 heterocycles. The summed E-state index contributed by atoms with van der Waals surface area (Å²) in [7, 11) is 0. The number of hydrogen-bond acceptors (Lipinski definition) is 2. The number of nitrogens with one attached hydrogen (secondary N) is 2. The molecule has 0 saturated carbocycles. The molecule has 5 heteroatoms. The van der Waals surface area contributed by atoms with Gasteiger partial charge in [0.15, 0.2) is 0 Å². The lowest BCUT2D eigenvalue weighted by molar-refractivity contribution is 0.251. The second-order valence-electron chi connectivity index (χ2n) is 6.59. The highest BCUT2D eigenvalue weighted by Crippen LogP contribution is 2.27. The zero-order valence-electron chi connectivity index (χ0n) is 14.6. The molecular weight excluding hydrogens is 324 g/mol. The lowest BCUT2D eigenvalue weighted by Crippen LogP contribution is -2.29. The van der Waals surface area contributed by atoms with E-state index in [2.05, 4.69) is 21.7 Å². The van der Waals surface area contributed by atoms with E-state index < -0.39 is 0 Å². The van der Waals surface area contributed by atoms with Crippen LogP contribution in [-0.2, 0) is 19.4 Å². The summed E-state index contributed by atoms with van der Waals surface area (Å²) in [5, 5.41) is 5.95. The van der Waals surface area contributed by atoms with Crippen molar-refractivity contribution in [1.29, 1.82) is 0 Å². The summed E-state index contributed by atoms with van der Waals surface area (Å²) in [6, 6.07) is 14.1. The van der Waals surface area contributed by atoms with Crippen LogP contribution in [0, 0.1) is 0 Å². The SMILES string of the molecule is O=C(NCc1ccc(-n2ccnc2)cc1)Nc1cccc2c1CCCC2. The van der Waals surface area contributed by atoms with Gasteiger partial charge in [0.1, 0.15) is 0 Å². The molecule has 1 aliphatic rings. The van der Waals surface area contributed by atoms with E-state index in [0.29, 0.717) is 6.54 Å². The van der Waals surface area contributed by atoms with Crippen LogP contribution in [0.4, 0.5) is 10.5 Å².